The van der Waals surface area contributed by atoms with Gasteiger partial charge >= 0.3 is 12.1 Å². The van der Waals surface area contributed by atoms with Crippen molar-refractivity contribution in [2.45, 2.75) is 57.2 Å². The molecule has 2 aliphatic rings. The van der Waals surface area contributed by atoms with Crippen molar-refractivity contribution >= 4 is 12.1 Å². The lowest BCUT2D eigenvalue weighted by Crippen LogP contribution is -2.57. The van der Waals surface area contributed by atoms with E-state index in [0.29, 0.717) is 0 Å². The average Bonchev–Trinajstić information content (AvgIpc) is 2.50. The Labute approximate surface area is 109 Å². The molecule has 0 aromatic heterocycles. The molecule has 7 heteroatoms. The highest BCUT2D eigenvalue weighted by Gasteiger charge is 2.66. The van der Waals surface area contributed by atoms with Gasteiger partial charge in [0.05, 0.1) is 6.04 Å². The number of nitrogens with zero attached hydrogens (tertiary/aromatic N) is 1. The molecule has 0 unspecified atom stereocenters. The fourth-order valence-electron chi connectivity index (χ4n) is 2.70. The van der Waals surface area contributed by atoms with Crippen LogP contribution in [0.15, 0.2) is 0 Å². The summed E-state index contributed by atoms with van der Waals surface area (Å²) >= 11 is 0. The molecule has 1 heterocycles. The summed E-state index contributed by atoms with van der Waals surface area (Å²) < 4.78 is 31.8. The third-order valence-corrected chi connectivity index (χ3v) is 3.55. The number of hydrogen-bond acceptors (Lipinski definition) is 3. The van der Waals surface area contributed by atoms with Crippen molar-refractivity contribution in [2.75, 3.05) is 0 Å². The van der Waals surface area contributed by atoms with Crippen molar-refractivity contribution in [3.8, 4) is 0 Å². The molecule has 108 valence electrons. The van der Waals surface area contributed by atoms with Gasteiger partial charge in [-0.2, -0.15) is 0 Å². The molecule has 5 nitrogen and oxygen atoms in total. The van der Waals surface area contributed by atoms with Gasteiger partial charge in [-0.25, -0.2) is 18.4 Å². The standard InChI is InChI=1S/C12H17F2NO4/c1-11(2,3)19-10(18)15-7(9(16)17)4-6-8(15)5-12(6,13)14/h6-8H,4-5H2,1-3H3,(H,16,17)/t6-,7+,8-/m0/s1. The van der Waals surface area contributed by atoms with Crippen LogP contribution < -0.4 is 0 Å². The quantitative estimate of drug-likeness (QED) is 0.797. The molecule has 0 radical (unpaired) electrons. The second kappa shape index (κ2) is 4.05. The Morgan fingerprint density at radius 2 is 1.95 bits per heavy atom. The number of hydrogen-bond donors (Lipinski definition) is 1. The number of carbonyl (C=O) groups is 2. The Hall–Kier alpha value is -1.40. The van der Waals surface area contributed by atoms with Gasteiger partial charge in [0.15, 0.2) is 0 Å². The SMILES string of the molecule is CC(C)(C)OC(=O)N1[C@@H](C(=O)O)C[C@H]2[C@@H]1CC2(F)F. The number of carboxylic acids is 1. The predicted octanol–water partition coefficient (Wildman–Crippen LogP) is 2.10. The Balaban J connectivity index is 2.18. The van der Waals surface area contributed by atoms with Gasteiger partial charge in [-0.3, -0.25) is 4.90 Å². The number of carboxylic acid groups (broad SMARTS) is 1. The minimum atomic E-state index is -2.88. The van der Waals surface area contributed by atoms with Gasteiger partial charge in [-0.1, -0.05) is 0 Å². The van der Waals surface area contributed by atoms with Crippen molar-refractivity contribution in [3.05, 3.63) is 0 Å². The highest BCUT2D eigenvalue weighted by atomic mass is 19.3. The fraction of sp³-hybridized carbons (Fsp3) is 0.833. The molecule has 2 fully saturated rings. The number of likely N-dealkylation sites (tertiary alicyclic amines) is 1. The maximum Gasteiger partial charge on any atom is 0.411 e. The first-order valence-corrected chi connectivity index (χ1v) is 6.15. The summed E-state index contributed by atoms with van der Waals surface area (Å²) in [6.45, 7) is 4.93. The van der Waals surface area contributed by atoms with Crippen LogP contribution in [0.25, 0.3) is 0 Å². The van der Waals surface area contributed by atoms with E-state index < -0.39 is 48.0 Å². The minimum absolute atomic E-state index is 0.216. The summed E-state index contributed by atoms with van der Waals surface area (Å²) in [6, 6.07) is -1.95. The van der Waals surface area contributed by atoms with Gasteiger partial charge in [-0.15, -0.1) is 0 Å². The second-order valence-electron chi connectivity index (χ2n) is 6.12. The van der Waals surface area contributed by atoms with Gasteiger partial charge < -0.3 is 9.84 Å². The first kappa shape index (κ1) is 14.0. The van der Waals surface area contributed by atoms with E-state index in [9.17, 15) is 18.4 Å². The number of aliphatic carboxylic acids is 1. The van der Waals surface area contributed by atoms with Crippen LogP contribution in [-0.4, -0.2) is 45.7 Å². The Morgan fingerprint density at radius 3 is 2.37 bits per heavy atom. The highest BCUT2D eigenvalue weighted by molar-refractivity contribution is 5.81. The fourth-order valence-corrected chi connectivity index (χ4v) is 2.70. The number of amides is 1. The van der Waals surface area contributed by atoms with Gasteiger partial charge in [0.2, 0.25) is 0 Å². The highest BCUT2D eigenvalue weighted by Crippen LogP contribution is 2.54. The topological polar surface area (TPSA) is 66.8 Å². The van der Waals surface area contributed by atoms with E-state index in [1.54, 1.807) is 20.8 Å². The molecule has 2 rings (SSSR count). The van der Waals surface area contributed by atoms with Crippen molar-refractivity contribution in [1.29, 1.82) is 0 Å². The van der Waals surface area contributed by atoms with Crippen LogP contribution in [0.3, 0.4) is 0 Å². The van der Waals surface area contributed by atoms with Gasteiger partial charge in [0.1, 0.15) is 11.6 Å². The molecule has 0 aromatic carbocycles. The lowest BCUT2D eigenvalue weighted by Gasteiger charge is -2.43. The minimum Gasteiger partial charge on any atom is -0.480 e. The van der Waals surface area contributed by atoms with Crippen molar-refractivity contribution in [3.63, 3.8) is 0 Å². The van der Waals surface area contributed by atoms with Crippen LogP contribution in [0, 0.1) is 5.92 Å². The summed E-state index contributed by atoms with van der Waals surface area (Å²) in [5.74, 6) is -5.22. The van der Waals surface area contributed by atoms with E-state index in [2.05, 4.69) is 0 Å². The molecular formula is C12H17F2NO4. The molecule has 1 aliphatic heterocycles. The van der Waals surface area contributed by atoms with E-state index in [-0.39, 0.29) is 6.42 Å². The number of carbonyl (C=O) groups excluding carboxylic acids is 1. The third kappa shape index (κ3) is 2.37. The zero-order valence-electron chi connectivity index (χ0n) is 11.0. The van der Waals surface area contributed by atoms with Gasteiger partial charge in [0.25, 0.3) is 5.92 Å². The van der Waals surface area contributed by atoms with Crippen LogP contribution >= 0.6 is 0 Å². The molecule has 3 atom stereocenters. The molecule has 1 amide bonds. The van der Waals surface area contributed by atoms with Crippen LogP contribution in [0.4, 0.5) is 13.6 Å². The lowest BCUT2D eigenvalue weighted by atomic mass is 9.76. The van der Waals surface area contributed by atoms with Gasteiger partial charge in [-0.05, 0) is 27.2 Å². The van der Waals surface area contributed by atoms with Crippen LogP contribution in [0.2, 0.25) is 0 Å². The predicted molar refractivity (Wildman–Crippen MR) is 61.0 cm³/mol. The largest absolute Gasteiger partial charge is 0.480 e. The Morgan fingerprint density at radius 1 is 1.37 bits per heavy atom. The Kier molecular flexibility index (Phi) is 2.98. The smallest absolute Gasteiger partial charge is 0.411 e. The maximum absolute atomic E-state index is 13.3. The first-order chi connectivity index (χ1) is 8.53. The summed E-state index contributed by atoms with van der Waals surface area (Å²) in [5.41, 5.74) is -0.787. The molecule has 0 bridgehead atoms. The van der Waals surface area contributed by atoms with E-state index in [0.717, 1.165) is 4.90 Å². The van der Waals surface area contributed by atoms with Crippen molar-refractivity contribution in [1.82, 2.24) is 4.90 Å². The average molecular weight is 277 g/mol. The normalized spacial score (nSPS) is 32.5. The molecular weight excluding hydrogens is 260 g/mol. The molecule has 0 aromatic rings. The lowest BCUT2D eigenvalue weighted by molar-refractivity contribution is -0.157. The molecule has 1 N–H and O–H groups in total. The second-order valence-corrected chi connectivity index (χ2v) is 6.12. The third-order valence-electron chi connectivity index (χ3n) is 3.55. The van der Waals surface area contributed by atoms with Crippen LogP contribution in [0.5, 0.6) is 0 Å². The van der Waals surface area contributed by atoms with Gasteiger partial charge in [0, 0.05) is 12.3 Å². The van der Waals surface area contributed by atoms with E-state index in [1.165, 1.54) is 0 Å². The summed E-state index contributed by atoms with van der Waals surface area (Å²) in [5, 5.41) is 9.07. The monoisotopic (exact) mass is 277 g/mol. The van der Waals surface area contributed by atoms with Crippen molar-refractivity contribution in [2.24, 2.45) is 5.92 Å². The summed E-state index contributed by atoms with van der Waals surface area (Å²) in [6.07, 6.45) is -1.53. The molecule has 0 spiro atoms. The molecule has 1 aliphatic carbocycles. The zero-order chi connectivity index (χ0) is 14.6. The number of rotatable bonds is 1. The number of ether oxygens (including phenoxy) is 1. The first-order valence-electron chi connectivity index (χ1n) is 6.15. The van der Waals surface area contributed by atoms with Crippen molar-refractivity contribution < 1.29 is 28.2 Å². The number of alkyl halides is 2. The maximum atomic E-state index is 13.3. The summed E-state index contributed by atoms with van der Waals surface area (Å²) in [7, 11) is 0. The molecule has 19 heavy (non-hydrogen) atoms. The molecule has 1 saturated heterocycles. The van der Waals surface area contributed by atoms with E-state index >= 15 is 0 Å². The van der Waals surface area contributed by atoms with Crippen LogP contribution in [0.1, 0.15) is 33.6 Å². The van der Waals surface area contributed by atoms with E-state index in [4.69, 9.17) is 9.84 Å². The Bertz CT molecular complexity index is 418. The van der Waals surface area contributed by atoms with Crippen LogP contribution in [-0.2, 0) is 9.53 Å². The number of halogens is 2. The van der Waals surface area contributed by atoms with E-state index in [1.807, 2.05) is 0 Å². The summed E-state index contributed by atoms with van der Waals surface area (Å²) in [4.78, 5) is 24.1. The molecule has 1 saturated carbocycles. The number of fused-ring (bicyclic) bond motifs is 1. The zero-order valence-corrected chi connectivity index (χ0v) is 11.0.